The van der Waals surface area contributed by atoms with E-state index in [4.69, 9.17) is 10.2 Å². The number of hydrogen-bond acceptors (Lipinski definition) is 3. The number of aliphatic hydroxyl groups excluding tert-OH is 3. The highest BCUT2D eigenvalue weighted by atomic mass is 16.4. The summed E-state index contributed by atoms with van der Waals surface area (Å²) < 4.78 is 0. The predicted molar refractivity (Wildman–Crippen MR) is 70.9 cm³/mol. The second kappa shape index (κ2) is 12.3. The van der Waals surface area contributed by atoms with E-state index in [2.05, 4.69) is 6.92 Å². The van der Waals surface area contributed by atoms with Crippen LogP contribution < -0.4 is 0 Å². The van der Waals surface area contributed by atoms with Crippen LogP contribution in [0.2, 0.25) is 0 Å². The summed E-state index contributed by atoms with van der Waals surface area (Å²) in [6, 6.07) is 0. The highest BCUT2D eigenvalue weighted by Crippen LogP contribution is 2.12. The molecule has 3 nitrogen and oxygen atoms in total. The third-order valence-corrected chi connectivity index (χ3v) is 3.23. The van der Waals surface area contributed by atoms with Crippen molar-refractivity contribution >= 4 is 0 Å². The molecule has 0 saturated carbocycles. The van der Waals surface area contributed by atoms with Crippen LogP contribution in [0.15, 0.2) is 0 Å². The molecule has 0 fully saturated rings. The average Bonchev–Trinajstić information content (AvgIpc) is 2.35. The van der Waals surface area contributed by atoms with Gasteiger partial charge in [-0.2, -0.15) is 0 Å². The van der Waals surface area contributed by atoms with Crippen LogP contribution >= 0.6 is 0 Å². The van der Waals surface area contributed by atoms with E-state index in [9.17, 15) is 5.11 Å². The molecule has 0 saturated heterocycles. The van der Waals surface area contributed by atoms with Gasteiger partial charge in [0.2, 0.25) is 0 Å². The van der Waals surface area contributed by atoms with Crippen molar-refractivity contribution in [3.63, 3.8) is 0 Å². The predicted octanol–water partition coefficient (Wildman–Crippen LogP) is 2.62. The topological polar surface area (TPSA) is 60.7 Å². The van der Waals surface area contributed by atoms with E-state index >= 15 is 0 Å². The molecule has 0 aromatic heterocycles. The molecule has 0 heterocycles. The zero-order valence-corrected chi connectivity index (χ0v) is 11.3. The first-order valence-corrected chi connectivity index (χ1v) is 7.19. The van der Waals surface area contributed by atoms with E-state index in [-0.39, 0.29) is 6.61 Å². The quantitative estimate of drug-likeness (QED) is 0.464. The van der Waals surface area contributed by atoms with Gasteiger partial charge in [-0.3, -0.25) is 0 Å². The summed E-state index contributed by atoms with van der Waals surface area (Å²) in [7, 11) is 0. The first kappa shape index (κ1) is 16.9. The lowest BCUT2D eigenvalue weighted by Crippen LogP contribution is -2.28. The van der Waals surface area contributed by atoms with E-state index in [1.54, 1.807) is 0 Å². The summed E-state index contributed by atoms with van der Waals surface area (Å²) in [6.07, 6.45) is 10.1. The molecule has 3 N–H and O–H groups in total. The van der Waals surface area contributed by atoms with Crippen LogP contribution in [0.4, 0.5) is 0 Å². The molecule has 2 atom stereocenters. The Kier molecular flexibility index (Phi) is 12.3. The summed E-state index contributed by atoms with van der Waals surface area (Å²) in [5.74, 6) is 0. The Balaban J connectivity index is 3.13. The molecule has 0 bridgehead atoms. The summed E-state index contributed by atoms with van der Waals surface area (Å²) in [6.45, 7) is 1.88. The van der Waals surface area contributed by atoms with Gasteiger partial charge in [0.1, 0.15) is 6.10 Å². The van der Waals surface area contributed by atoms with Crippen molar-refractivity contribution in [2.24, 2.45) is 0 Å². The molecule has 0 aromatic rings. The van der Waals surface area contributed by atoms with Gasteiger partial charge in [-0.1, -0.05) is 64.7 Å². The molecule has 0 aliphatic carbocycles. The Labute approximate surface area is 106 Å². The molecule has 17 heavy (non-hydrogen) atoms. The van der Waals surface area contributed by atoms with Gasteiger partial charge in [-0.15, -0.1) is 0 Å². The monoisotopic (exact) mass is 246 g/mol. The minimum absolute atomic E-state index is 0.349. The highest BCUT2D eigenvalue weighted by molar-refractivity contribution is 4.65. The Morgan fingerprint density at radius 1 is 0.706 bits per heavy atom. The smallest absolute Gasteiger partial charge is 0.103 e. The lowest BCUT2D eigenvalue weighted by molar-refractivity contribution is -0.0185. The molecule has 0 amide bonds. The summed E-state index contributed by atoms with van der Waals surface area (Å²) in [5, 5.41) is 27.2. The standard InChI is InChI=1S/C14H30O3/c1-2-3-4-5-6-7-8-9-10-11-13(16)14(17)12-15/h13-17H,2-12H2,1H3/t13-,14-/m1/s1. The lowest BCUT2D eigenvalue weighted by Gasteiger charge is -2.14. The second-order valence-corrected chi connectivity index (χ2v) is 4.93. The summed E-state index contributed by atoms with van der Waals surface area (Å²) >= 11 is 0. The number of aliphatic hydroxyl groups is 3. The van der Waals surface area contributed by atoms with Gasteiger partial charge in [0.15, 0.2) is 0 Å². The van der Waals surface area contributed by atoms with Crippen LogP contribution in [0, 0.1) is 0 Å². The van der Waals surface area contributed by atoms with Crippen molar-refractivity contribution < 1.29 is 15.3 Å². The zero-order valence-electron chi connectivity index (χ0n) is 11.3. The molecule has 0 rings (SSSR count). The molecular formula is C14H30O3. The Morgan fingerprint density at radius 3 is 1.65 bits per heavy atom. The van der Waals surface area contributed by atoms with Crippen LogP contribution in [0.5, 0.6) is 0 Å². The molecule has 104 valence electrons. The van der Waals surface area contributed by atoms with Gasteiger partial charge in [0.05, 0.1) is 12.7 Å². The first-order valence-electron chi connectivity index (χ1n) is 7.19. The van der Waals surface area contributed by atoms with Crippen molar-refractivity contribution in [2.75, 3.05) is 6.61 Å². The van der Waals surface area contributed by atoms with E-state index < -0.39 is 12.2 Å². The van der Waals surface area contributed by atoms with Crippen molar-refractivity contribution in [1.82, 2.24) is 0 Å². The zero-order chi connectivity index (χ0) is 12.9. The molecule has 0 radical (unpaired) electrons. The number of hydrogen-bond donors (Lipinski definition) is 3. The Morgan fingerprint density at radius 2 is 1.18 bits per heavy atom. The van der Waals surface area contributed by atoms with Crippen LogP contribution in [0.25, 0.3) is 0 Å². The van der Waals surface area contributed by atoms with Gasteiger partial charge in [-0.05, 0) is 6.42 Å². The lowest BCUT2D eigenvalue weighted by atomic mass is 10.0. The van der Waals surface area contributed by atoms with Crippen LogP contribution in [0.1, 0.15) is 71.1 Å². The van der Waals surface area contributed by atoms with Gasteiger partial charge in [0.25, 0.3) is 0 Å². The van der Waals surface area contributed by atoms with Crippen molar-refractivity contribution in [2.45, 2.75) is 83.3 Å². The van der Waals surface area contributed by atoms with Crippen LogP contribution in [0.3, 0.4) is 0 Å². The Bertz CT molecular complexity index is 150. The maximum atomic E-state index is 9.41. The van der Waals surface area contributed by atoms with E-state index in [1.807, 2.05) is 0 Å². The molecule has 0 aliphatic heterocycles. The van der Waals surface area contributed by atoms with E-state index in [0.29, 0.717) is 6.42 Å². The summed E-state index contributed by atoms with van der Waals surface area (Å²) in [5.41, 5.74) is 0. The SMILES string of the molecule is CCCCCCCCCCC[C@@H](O)[C@H](O)CO. The van der Waals surface area contributed by atoms with Crippen molar-refractivity contribution in [1.29, 1.82) is 0 Å². The largest absolute Gasteiger partial charge is 0.394 e. The highest BCUT2D eigenvalue weighted by Gasteiger charge is 2.13. The first-order chi connectivity index (χ1) is 8.22. The fourth-order valence-corrected chi connectivity index (χ4v) is 1.98. The van der Waals surface area contributed by atoms with Gasteiger partial charge >= 0.3 is 0 Å². The van der Waals surface area contributed by atoms with Gasteiger partial charge in [-0.25, -0.2) is 0 Å². The summed E-state index contributed by atoms with van der Waals surface area (Å²) in [4.78, 5) is 0. The molecule has 0 aromatic carbocycles. The molecule has 0 spiro atoms. The fourth-order valence-electron chi connectivity index (χ4n) is 1.98. The molecule has 0 aliphatic rings. The van der Waals surface area contributed by atoms with Gasteiger partial charge < -0.3 is 15.3 Å². The maximum absolute atomic E-state index is 9.41. The minimum atomic E-state index is -0.968. The maximum Gasteiger partial charge on any atom is 0.103 e. The van der Waals surface area contributed by atoms with Crippen molar-refractivity contribution in [3.8, 4) is 0 Å². The molecule has 0 unspecified atom stereocenters. The minimum Gasteiger partial charge on any atom is -0.394 e. The average molecular weight is 246 g/mol. The second-order valence-electron chi connectivity index (χ2n) is 4.93. The van der Waals surface area contributed by atoms with E-state index in [0.717, 1.165) is 12.8 Å². The third-order valence-electron chi connectivity index (χ3n) is 3.23. The molecule has 3 heteroatoms. The van der Waals surface area contributed by atoms with Gasteiger partial charge in [0, 0.05) is 0 Å². The van der Waals surface area contributed by atoms with Crippen molar-refractivity contribution in [3.05, 3.63) is 0 Å². The fraction of sp³-hybridized carbons (Fsp3) is 1.00. The van der Waals surface area contributed by atoms with Crippen LogP contribution in [-0.4, -0.2) is 34.1 Å². The van der Waals surface area contributed by atoms with E-state index in [1.165, 1.54) is 44.9 Å². The molecular weight excluding hydrogens is 216 g/mol. The van der Waals surface area contributed by atoms with Crippen LogP contribution in [-0.2, 0) is 0 Å². The number of unbranched alkanes of at least 4 members (excludes halogenated alkanes) is 8. The normalized spacial score (nSPS) is 14.8. The number of rotatable bonds is 12. The Hall–Kier alpha value is -0.120. The third kappa shape index (κ3) is 10.7.